The van der Waals surface area contributed by atoms with Gasteiger partial charge < -0.3 is 14.7 Å². The first-order chi connectivity index (χ1) is 16.6. The second-order valence-corrected chi connectivity index (χ2v) is 10.2. The van der Waals surface area contributed by atoms with Crippen LogP contribution in [-0.4, -0.2) is 51.9 Å². The maximum Gasteiger partial charge on any atom is 0.416 e. The highest BCUT2D eigenvalue weighted by molar-refractivity contribution is 8.01. The molecule has 1 heterocycles. The van der Waals surface area contributed by atoms with Crippen LogP contribution in [0.15, 0.2) is 28.6 Å². The fraction of sp³-hybridized carbons (Fsp3) is 0.500. The molecule has 1 fully saturated rings. The van der Waals surface area contributed by atoms with Gasteiger partial charge in [-0.2, -0.15) is 13.2 Å². The number of ether oxygens (including phenoxy) is 1. The van der Waals surface area contributed by atoms with Gasteiger partial charge in [-0.25, -0.2) is 14.2 Å². The number of amides is 2. The van der Waals surface area contributed by atoms with Gasteiger partial charge in [0, 0.05) is 12.6 Å². The molecule has 192 valence electrons. The van der Waals surface area contributed by atoms with E-state index in [1.165, 1.54) is 6.20 Å². The van der Waals surface area contributed by atoms with Crippen LogP contribution in [0, 0.1) is 5.82 Å². The van der Waals surface area contributed by atoms with Crippen molar-refractivity contribution >= 4 is 40.2 Å². The number of hydrogen-bond donors (Lipinski definition) is 2. The third-order valence-electron chi connectivity index (χ3n) is 5.42. The van der Waals surface area contributed by atoms with Crippen molar-refractivity contribution < 1.29 is 37.0 Å². The van der Waals surface area contributed by atoms with Crippen molar-refractivity contribution in [2.24, 2.45) is 0 Å². The third kappa shape index (κ3) is 8.36. The lowest BCUT2D eigenvalue weighted by Gasteiger charge is -2.34. The minimum atomic E-state index is -4.70. The molecule has 3 rings (SSSR count). The molecule has 0 saturated heterocycles. The highest BCUT2D eigenvalue weighted by Gasteiger charge is 2.34. The van der Waals surface area contributed by atoms with Crippen LogP contribution in [0.1, 0.15) is 43.2 Å². The average molecular weight is 536 g/mol. The Kier molecular flexibility index (Phi) is 9.75. The van der Waals surface area contributed by atoms with Crippen molar-refractivity contribution in [3.8, 4) is 0 Å². The van der Waals surface area contributed by atoms with Crippen LogP contribution in [0.25, 0.3) is 0 Å². The van der Waals surface area contributed by atoms with Gasteiger partial charge in [-0.15, -0.1) is 11.8 Å². The Balaban J connectivity index is 1.60. The zero-order valence-electron chi connectivity index (χ0n) is 18.6. The van der Waals surface area contributed by atoms with Crippen molar-refractivity contribution in [3.63, 3.8) is 0 Å². The molecule has 0 atom stereocenters. The number of urea groups is 1. The Labute approximate surface area is 207 Å². The Morgan fingerprint density at radius 2 is 2.00 bits per heavy atom. The van der Waals surface area contributed by atoms with Gasteiger partial charge in [-0.1, -0.05) is 36.7 Å². The number of nitrogens with zero attached hydrogens (tertiary/aromatic N) is 2. The molecule has 7 nitrogen and oxygen atoms in total. The second kappa shape index (κ2) is 12.5. The number of halogens is 4. The van der Waals surface area contributed by atoms with Crippen LogP contribution >= 0.6 is 23.1 Å². The Morgan fingerprint density at radius 3 is 2.69 bits per heavy atom. The lowest BCUT2D eigenvalue weighted by atomic mass is 9.94. The zero-order chi connectivity index (χ0) is 25.4. The number of nitrogens with one attached hydrogen (secondary N) is 1. The summed E-state index contributed by atoms with van der Waals surface area (Å²) in [5.74, 6) is -2.06. The topological polar surface area (TPSA) is 91.8 Å². The lowest BCUT2D eigenvalue weighted by Crippen LogP contribution is -2.45. The summed E-state index contributed by atoms with van der Waals surface area (Å²) in [6.45, 7) is -0.215. The normalized spacial score (nSPS) is 14.6. The van der Waals surface area contributed by atoms with Gasteiger partial charge in [-0.05, 0) is 30.5 Å². The number of rotatable bonds is 10. The van der Waals surface area contributed by atoms with E-state index >= 15 is 0 Å². The summed E-state index contributed by atoms with van der Waals surface area (Å²) in [7, 11) is 0. The molecule has 13 heteroatoms. The van der Waals surface area contributed by atoms with Crippen molar-refractivity contribution in [3.05, 3.63) is 41.3 Å². The fourth-order valence-corrected chi connectivity index (χ4v) is 5.39. The molecule has 2 N–H and O–H groups in total. The highest BCUT2D eigenvalue weighted by atomic mass is 32.2. The quantitative estimate of drug-likeness (QED) is 0.225. The van der Waals surface area contributed by atoms with E-state index in [4.69, 9.17) is 9.84 Å². The maximum atomic E-state index is 13.3. The van der Waals surface area contributed by atoms with Crippen molar-refractivity contribution in [2.75, 3.05) is 24.2 Å². The number of carboxylic acid groups (broad SMARTS) is 1. The molecule has 0 bridgehead atoms. The summed E-state index contributed by atoms with van der Waals surface area (Å²) >= 11 is 2.26. The predicted octanol–water partition coefficient (Wildman–Crippen LogP) is 5.86. The first-order valence-corrected chi connectivity index (χ1v) is 12.7. The highest BCUT2D eigenvalue weighted by Crippen LogP contribution is 2.33. The maximum absolute atomic E-state index is 13.3. The van der Waals surface area contributed by atoms with Crippen LogP contribution in [0.2, 0.25) is 0 Å². The summed E-state index contributed by atoms with van der Waals surface area (Å²) in [6.07, 6.45) is 1.40. The molecule has 2 aromatic rings. The molecule has 0 spiro atoms. The number of thioether (sulfide) groups is 1. The average Bonchev–Trinajstić information content (AvgIpc) is 3.25. The summed E-state index contributed by atoms with van der Waals surface area (Å²) in [5.41, 5.74) is -1.26. The van der Waals surface area contributed by atoms with Crippen molar-refractivity contribution in [1.82, 2.24) is 9.88 Å². The van der Waals surface area contributed by atoms with Crippen LogP contribution in [0.5, 0.6) is 0 Å². The van der Waals surface area contributed by atoms with E-state index in [0.29, 0.717) is 15.4 Å². The summed E-state index contributed by atoms with van der Waals surface area (Å²) < 4.78 is 59.0. The van der Waals surface area contributed by atoms with Crippen molar-refractivity contribution in [1.29, 1.82) is 0 Å². The van der Waals surface area contributed by atoms with Gasteiger partial charge in [0.2, 0.25) is 0 Å². The van der Waals surface area contributed by atoms with Crippen molar-refractivity contribution in [2.45, 2.75) is 55.1 Å². The molecule has 0 unspecified atom stereocenters. The third-order valence-corrected chi connectivity index (χ3v) is 7.52. The van der Waals surface area contributed by atoms with E-state index in [-0.39, 0.29) is 37.1 Å². The first kappa shape index (κ1) is 27.2. The molecular formula is C22H25F4N3O4S2. The molecule has 35 heavy (non-hydrogen) atoms. The largest absolute Gasteiger partial charge is 0.481 e. The Hall–Kier alpha value is -2.38. The Bertz CT molecular complexity index is 1010. The number of alkyl halides is 3. The number of benzene rings is 1. The number of carbonyl (C=O) groups excluding carboxylic acids is 1. The molecular weight excluding hydrogens is 510 g/mol. The molecule has 1 aromatic heterocycles. The van der Waals surface area contributed by atoms with E-state index in [2.05, 4.69) is 10.3 Å². The summed E-state index contributed by atoms with van der Waals surface area (Å²) in [5, 5.41) is 11.8. The molecule has 1 aliphatic rings. The lowest BCUT2D eigenvalue weighted by molar-refractivity contribution is -0.139. The van der Waals surface area contributed by atoms with E-state index in [9.17, 15) is 27.2 Å². The number of thiazole rings is 1. The minimum absolute atomic E-state index is 0.00379. The molecule has 1 aromatic carbocycles. The van der Waals surface area contributed by atoms with Gasteiger partial charge >= 0.3 is 18.2 Å². The summed E-state index contributed by atoms with van der Waals surface area (Å²) in [4.78, 5) is 29.5. The van der Waals surface area contributed by atoms with Gasteiger partial charge in [0.05, 0.1) is 34.9 Å². The fourth-order valence-electron chi connectivity index (χ4n) is 3.81. The predicted molar refractivity (Wildman–Crippen MR) is 124 cm³/mol. The van der Waals surface area contributed by atoms with Gasteiger partial charge in [0.25, 0.3) is 0 Å². The van der Waals surface area contributed by atoms with Gasteiger partial charge in [0.1, 0.15) is 5.82 Å². The first-order valence-electron chi connectivity index (χ1n) is 10.9. The van der Waals surface area contributed by atoms with E-state index in [0.717, 1.165) is 67.3 Å². The summed E-state index contributed by atoms with van der Waals surface area (Å²) in [6, 6.07) is 2.00. The molecule has 1 saturated carbocycles. The van der Waals surface area contributed by atoms with Crippen LogP contribution < -0.4 is 5.32 Å². The number of carbonyl (C=O) groups is 2. The number of aromatic nitrogens is 1. The van der Waals surface area contributed by atoms with E-state index in [1.807, 2.05) is 0 Å². The smallest absolute Gasteiger partial charge is 0.416 e. The van der Waals surface area contributed by atoms with Gasteiger partial charge in [0.15, 0.2) is 5.13 Å². The van der Waals surface area contributed by atoms with Crippen LogP contribution in [0.4, 0.5) is 27.5 Å². The van der Waals surface area contributed by atoms with E-state index < -0.39 is 29.6 Å². The molecule has 2 amide bonds. The Morgan fingerprint density at radius 1 is 1.26 bits per heavy atom. The van der Waals surface area contributed by atoms with Gasteiger partial charge in [-0.3, -0.25) is 10.1 Å². The number of hydrogen-bond acceptors (Lipinski definition) is 6. The van der Waals surface area contributed by atoms with E-state index in [1.54, 1.807) is 4.90 Å². The number of anilines is 1. The monoisotopic (exact) mass is 535 g/mol. The molecule has 1 aliphatic carbocycles. The standard InChI is InChI=1S/C22H25F4N3O4S2/c23-15-7-6-14(17(10-15)22(24,25)26)12-33-9-8-29(16-4-2-1-3-5-16)21(32)28-20-27-11-19(35-20)34-13-18(30)31/h6-7,10-11,16H,1-5,8-9,12-13H2,(H,30,31)(H,27,28,32). The number of carboxylic acids is 1. The molecule has 0 radical (unpaired) electrons. The minimum Gasteiger partial charge on any atom is -0.481 e. The van der Waals surface area contributed by atoms with Crippen LogP contribution in [0.3, 0.4) is 0 Å². The number of aliphatic carboxylic acids is 1. The zero-order valence-corrected chi connectivity index (χ0v) is 20.3. The SMILES string of the molecule is O=C(O)CSc1cnc(NC(=O)N(CCOCc2ccc(F)cc2C(F)(F)F)C2CCCCC2)s1. The second-order valence-electron chi connectivity index (χ2n) is 7.93. The van der Waals surface area contributed by atoms with Crippen LogP contribution in [-0.2, 0) is 22.3 Å². The molecule has 0 aliphatic heterocycles.